The molecule has 23 heavy (non-hydrogen) atoms. The van der Waals surface area contributed by atoms with Crippen LogP contribution in [0.15, 0.2) is 36.7 Å². The standard InChI is InChI=1S/C15H18N4O4/c1-21-14(20)10-23-13-9-11(16)3-4-12(13)22-8-7-19-15-17-5-2-6-18-15/h2-6,9H,7-8,10,16H2,1H3,(H,17,18,19). The first kappa shape index (κ1) is 16.3. The molecule has 0 fully saturated rings. The van der Waals surface area contributed by atoms with Crippen molar-refractivity contribution in [1.82, 2.24) is 9.97 Å². The van der Waals surface area contributed by atoms with Gasteiger partial charge >= 0.3 is 5.97 Å². The molecule has 0 saturated heterocycles. The number of nitrogens with two attached hydrogens (primary N) is 1. The molecule has 0 unspecified atom stereocenters. The fraction of sp³-hybridized carbons (Fsp3) is 0.267. The smallest absolute Gasteiger partial charge is 0.343 e. The van der Waals surface area contributed by atoms with Gasteiger partial charge in [0, 0.05) is 24.1 Å². The third-order valence-corrected chi connectivity index (χ3v) is 2.75. The highest BCUT2D eigenvalue weighted by atomic mass is 16.6. The number of carbonyl (C=O) groups is 1. The Hall–Kier alpha value is -3.03. The van der Waals surface area contributed by atoms with E-state index in [0.717, 1.165) is 0 Å². The third-order valence-electron chi connectivity index (χ3n) is 2.75. The van der Waals surface area contributed by atoms with Crippen molar-refractivity contribution >= 4 is 17.6 Å². The summed E-state index contributed by atoms with van der Waals surface area (Å²) in [6.45, 7) is 0.647. The van der Waals surface area contributed by atoms with E-state index in [2.05, 4.69) is 20.0 Å². The number of hydrogen-bond acceptors (Lipinski definition) is 8. The van der Waals surface area contributed by atoms with Crippen molar-refractivity contribution in [3.63, 3.8) is 0 Å². The van der Waals surface area contributed by atoms with Crippen LogP contribution in [0.25, 0.3) is 0 Å². The summed E-state index contributed by atoms with van der Waals surface area (Å²) in [4.78, 5) is 19.2. The molecule has 0 aliphatic heterocycles. The molecule has 0 saturated carbocycles. The van der Waals surface area contributed by atoms with Crippen molar-refractivity contribution in [2.75, 3.05) is 37.9 Å². The lowest BCUT2D eigenvalue weighted by Crippen LogP contribution is -2.15. The van der Waals surface area contributed by atoms with E-state index in [1.807, 2.05) is 0 Å². The van der Waals surface area contributed by atoms with E-state index < -0.39 is 5.97 Å². The summed E-state index contributed by atoms with van der Waals surface area (Å²) in [5.41, 5.74) is 6.22. The van der Waals surface area contributed by atoms with E-state index in [1.165, 1.54) is 7.11 Å². The number of aromatic nitrogens is 2. The lowest BCUT2D eigenvalue weighted by Gasteiger charge is -2.13. The molecule has 0 atom stereocenters. The van der Waals surface area contributed by atoms with Gasteiger partial charge in [0.1, 0.15) is 6.61 Å². The quantitative estimate of drug-likeness (QED) is 0.423. The molecule has 2 aromatic rings. The van der Waals surface area contributed by atoms with E-state index in [9.17, 15) is 4.79 Å². The Balaban J connectivity index is 1.87. The second-order valence-electron chi connectivity index (χ2n) is 4.42. The van der Waals surface area contributed by atoms with Crippen LogP contribution in [0.4, 0.5) is 11.6 Å². The van der Waals surface area contributed by atoms with Gasteiger partial charge in [-0.1, -0.05) is 0 Å². The first-order valence-electron chi connectivity index (χ1n) is 6.92. The van der Waals surface area contributed by atoms with Crippen molar-refractivity contribution in [2.24, 2.45) is 0 Å². The van der Waals surface area contributed by atoms with Crippen molar-refractivity contribution in [2.45, 2.75) is 0 Å². The van der Waals surface area contributed by atoms with Crippen molar-refractivity contribution < 1.29 is 19.0 Å². The van der Waals surface area contributed by atoms with Crippen LogP contribution < -0.4 is 20.5 Å². The molecule has 0 bridgehead atoms. The second kappa shape index (κ2) is 8.42. The SMILES string of the molecule is COC(=O)COc1cc(N)ccc1OCCNc1ncccn1. The van der Waals surface area contributed by atoms with Crippen LogP contribution in [0.3, 0.4) is 0 Å². The van der Waals surface area contributed by atoms with Crippen molar-refractivity contribution in [1.29, 1.82) is 0 Å². The Kier molecular flexibility index (Phi) is 5.98. The maximum absolute atomic E-state index is 11.2. The van der Waals surface area contributed by atoms with Crippen LogP contribution in [0.5, 0.6) is 11.5 Å². The lowest BCUT2D eigenvalue weighted by molar-refractivity contribution is -0.142. The van der Waals surface area contributed by atoms with Crippen LogP contribution in [-0.4, -0.2) is 42.8 Å². The zero-order valence-corrected chi connectivity index (χ0v) is 12.7. The highest BCUT2D eigenvalue weighted by Gasteiger charge is 2.09. The molecule has 1 aromatic heterocycles. The number of hydrogen-bond donors (Lipinski definition) is 2. The van der Waals surface area contributed by atoms with Gasteiger partial charge in [-0.05, 0) is 18.2 Å². The molecular formula is C15H18N4O4. The van der Waals surface area contributed by atoms with E-state index in [-0.39, 0.29) is 6.61 Å². The van der Waals surface area contributed by atoms with Crippen LogP contribution in [0, 0.1) is 0 Å². The number of nitrogens with one attached hydrogen (secondary N) is 1. The van der Waals surface area contributed by atoms with Gasteiger partial charge in [0.25, 0.3) is 0 Å². The normalized spacial score (nSPS) is 9.96. The van der Waals surface area contributed by atoms with Crippen LogP contribution in [0.2, 0.25) is 0 Å². The lowest BCUT2D eigenvalue weighted by atomic mass is 10.3. The van der Waals surface area contributed by atoms with Gasteiger partial charge in [0.15, 0.2) is 18.1 Å². The molecule has 3 N–H and O–H groups in total. The summed E-state index contributed by atoms with van der Waals surface area (Å²) >= 11 is 0. The average Bonchev–Trinajstić information content (AvgIpc) is 2.58. The van der Waals surface area contributed by atoms with Gasteiger partial charge in [0.2, 0.25) is 5.95 Å². The number of esters is 1. The summed E-state index contributed by atoms with van der Waals surface area (Å²) < 4.78 is 15.5. The van der Waals surface area contributed by atoms with E-state index in [0.29, 0.717) is 36.3 Å². The van der Waals surface area contributed by atoms with Crippen molar-refractivity contribution in [3.05, 3.63) is 36.7 Å². The summed E-state index contributed by atoms with van der Waals surface area (Å²) in [6.07, 6.45) is 3.30. The number of ether oxygens (including phenoxy) is 3. The molecule has 0 aliphatic carbocycles. The van der Waals surface area contributed by atoms with Gasteiger partial charge in [-0.3, -0.25) is 0 Å². The molecule has 1 aromatic carbocycles. The van der Waals surface area contributed by atoms with Gasteiger partial charge in [0.05, 0.1) is 13.7 Å². The molecular weight excluding hydrogens is 300 g/mol. The molecule has 2 rings (SSSR count). The summed E-state index contributed by atoms with van der Waals surface area (Å²) in [7, 11) is 1.29. The fourth-order valence-corrected chi connectivity index (χ4v) is 1.67. The largest absolute Gasteiger partial charge is 0.488 e. The number of methoxy groups -OCH3 is 1. The predicted octanol–water partition coefficient (Wildman–Crippen LogP) is 1.10. The third kappa shape index (κ3) is 5.34. The number of rotatable bonds is 8. The van der Waals surface area contributed by atoms with E-state index in [4.69, 9.17) is 15.2 Å². The minimum absolute atomic E-state index is 0.216. The van der Waals surface area contributed by atoms with Crippen LogP contribution in [0.1, 0.15) is 0 Å². The van der Waals surface area contributed by atoms with Gasteiger partial charge < -0.3 is 25.3 Å². The zero-order chi connectivity index (χ0) is 16.5. The minimum Gasteiger partial charge on any atom is -0.488 e. The molecule has 122 valence electrons. The minimum atomic E-state index is -0.485. The summed E-state index contributed by atoms with van der Waals surface area (Å²) in [5, 5.41) is 3.02. The van der Waals surface area contributed by atoms with Gasteiger partial charge in [-0.25, -0.2) is 14.8 Å². The maximum Gasteiger partial charge on any atom is 0.343 e. The van der Waals surface area contributed by atoms with Crippen molar-refractivity contribution in [3.8, 4) is 11.5 Å². The topological polar surface area (TPSA) is 109 Å². The second-order valence-corrected chi connectivity index (χ2v) is 4.42. The maximum atomic E-state index is 11.2. The Morgan fingerprint density at radius 2 is 2.00 bits per heavy atom. The monoisotopic (exact) mass is 318 g/mol. The highest BCUT2D eigenvalue weighted by Crippen LogP contribution is 2.29. The fourth-order valence-electron chi connectivity index (χ4n) is 1.67. The van der Waals surface area contributed by atoms with Gasteiger partial charge in [-0.2, -0.15) is 0 Å². The Bertz CT molecular complexity index is 637. The summed E-state index contributed by atoms with van der Waals surface area (Å²) in [6, 6.07) is 6.70. The Morgan fingerprint density at radius 3 is 2.74 bits per heavy atom. The Labute approximate surface area is 133 Å². The molecule has 8 nitrogen and oxygen atoms in total. The van der Waals surface area contributed by atoms with Gasteiger partial charge in [-0.15, -0.1) is 0 Å². The molecule has 0 spiro atoms. The number of anilines is 2. The Morgan fingerprint density at radius 1 is 1.22 bits per heavy atom. The molecule has 8 heteroatoms. The number of nitrogen functional groups attached to an aromatic ring is 1. The van der Waals surface area contributed by atoms with E-state index in [1.54, 1.807) is 36.7 Å². The molecule has 0 amide bonds. The number of carbonyl (C=O) groups excluding carboxylic acids is 1. The highest BCUT2D eigenvalue weighted by molar-refractivity contribution is 5.71. The molecule has 0 radical (unpaired) electrons. The molecule has 0 aliphatic rings. The van der Waals surface area contributed by atoms with Crippen LogP contribution >= 0.6 is 0 Å². The first-order chi connectivity index (χ1) is 11.2. The summed E-state index contributed by atoms with van der Waals surface area (Å²) in [5.74, 6) is 0.905. The zero-order valence-electron chi connectivity index (χ0n) is 12.7. The number of benzene rings is 1. The predicted molar refractivity (Wildman–Crippen MR) is 84.4 cm³/mol. The average molecular weight is 318 g/mol. The molecule has 1 heterocycles. The van der Waals surface area contributed by atoms with E-state index >= 15 is 0 Å². The number of nitrogens with zero attached hydrogens (tertiary/aromatic N) is 2. The van der Waals surface area contributed by atoms with Crippen LogP contribution in [-0.2, 0) is 9.53 Å². The first-order valence-corrected chi connectivity index (χ1v) is 6.92.